The van der Waals surface area contributed by atoms with E-state index < -0.39 is 5.72 Å². The fraction of sp³-hybridized carbons (Fsp3) is 0.625. The Bertz CT molecular complexity index is 684. The van der Waals surface area contributed by atoms with Crippen molar-refractivity contribution < 1.29 is 15.0 Å². The van der Waals surface area contributed by atoms with Crippen LogP contribution in [0.5, 0.6) is 5.75 Å². The maximum atomic E-state index is 12.6. The third kappa shape index (κ3) is 7.56. The number of nitrogens with one attached hydrogen (secondary N) is 2. The number of likely N-dealkylation sites (tertiary alicyclic amines) is 1. The summed E-state index contributed by atoms with van der Waals surface area (Å²) in [6.07, 6.45) is 7.41. The molecule has 1 saturated heterocycles. The topological polar surface area (TPSA) is 84.8 Å². The van der Waals surface area contributed by atoms with E-state index in [4.69, 9.17) is 0 Å². The molecular formula is C24H39N3O3. The number of hydrogen-bond donors (Lipinski definition) is 4. The molecule has 0 saturated carbocycles. The molecule has 1 amide bonds. The average molecular weight is 418 g/mol. The van der Waals surface area contributed by atoms with Crippen LogP contribution in [0.2, 0.25) is 0 Å². The largest absolute Gasteiger partial charge is 0.508 e. The summed E-state index contributed by atoms with van der Waals surface area (Å²) in [7, 11) is 0. The normalized spacial score (nSPS) is 16.5. The first kappa shape index (κ1) is 24.1. The van der Waals surface area contributed by atoms with Crippen LogP contribution in [0.15, 0.2) is 36.7 Å². The van der Waals surface area contributed by atoms with Gasteiger partial charge in [-0.05, 0) is 62.6 Å². The lowest BCUT2D eigenvalue weighted by Gasteiger charge is -2.32. The summed E-state index contributed by atoms with van der Waals surface area (Å²) in [5.74, 6) is 1.19. The Labute approximate surface area is 181 Å². The number of amides is 1. The zero-order valence-electron chi connectivity index (χ0n) is 18.6. The van der Waals surface area contributed by atoms with Crippen molar-refractivity contribution in [3.05, 3.63) is 42.2 Å². The molecule has 1 unspecified atom stereocenters. The zero-order chi connectivity index (χ0) is 22.0. The number of phenols is 1. The molecule has 30 heavy (non-hydrogen) atoms. The van der Waals surface area contributed by atoms with Gasteiger partial charge in [0.1, 0.15) is 11.5 Å². The predicted octanol–water partition coefficient (Wildman–Crippen LogP) is 3.96. The van der Waals surface area contributed by atoms with Gasteiger partial charge in [0, 0.05) is 25.2 Å². The molecule has 1 aromatic carbocycles. The molecule has 0 bridgehead atoms. The van der Waals surface area contributed by atoms with E-state index in [1.54, 1.807) is 18.2 Å². The van der Waals surface area contributed by atoms with Crippen LogP contribution in [0.25, 0.3) is 0 Å². The van der Waals surface area contributed by atoms with E-state index in [0.29, 0.717) is 17.3 Å². The SMILES string of the molecule is C=C(NCCC1CCN(C(=O)c2cccc(O)c2)C1)NC(O)(CCCC)CCCC. The monoisotopic (exact) mass is 417 g/mol. The van der Waals surface area contributed by atoms with Crippen molar-refractivity contribution in [2.45, 2.75) is 70.9 Å². The molecule has 1 aliphatic rings. The van der Waals surface area contributed by atoms with E-state index in [2.05, 4.69) is 31.1 Å². The van der Waals surface area contributed by atoms with Crippen LogP contribution < -0.4 is 10.6 Å². The Balaban J connectivity index is 1.74. The highest BCUT2D eigenvalue weighted by Gasteiger charge is 2.28. The minimum absolute atomic E-state index is 0.0238. The van der Waals surface area contributed by atoms with Crippen molar-refractivity contribution in [2.75, 3.05) is 19.6 Å². The summed E-state index contributed by atoms with van der Waals surface area (Å²) in [4.78, 5) is 14.5. The van der Waals surface area contributed by atoms with E-state index >= 15 is 0 Å². The first-order valence-electron chi connectivity index (χ1n) is 11.4. The Kier molecular flexibility index (Phi) is 9.50. The maximum absolute atomic E-state index is 12.6. The lowest BCUT2D eigenvalue weighted by Crippen LogP contribution is -2.47. The number of phenolic OH excluding ortho intramolecular Hbond substituents is 1. The lowest BCUT2D eigenvalue weighted by atomic mass is 9.99. The van der Waals surface area contributed by atoms with E-state index in [9.17, 15) is 15.0 Å². The molecule has 1 heterocycles. The molecule has 0 radical (unpaired) electrons. The highest BCUT2D eigenvalue weighted by Crippen LogP contribution is 2.23. The molecule has 6 nitrogen and oxygen atoms in total. The predicted molar refractivity (Wildman–Crippen MR) is 121 cm³/mol. The van der Waals surface area contributed by atoms with Crippen LogP contribution in [0.3, 0.4) is 0 Å². The van der Waals surface area contributed by atoms with Gasteiger partial charge < -0.3 is 25.7 Å². The molecule has 4 N–H and O–H groups in total. The molecule has 1 fully saturated rings. The van der Waals surface area contributed by atoms with Crippen molar-refractivity contribution in [1.82, 2.24) is 15.5 Å². The summed E-state index contributed by atoms with van der Waals surface area (Å²) >= 11 is 0. The highest BCUT2D eigenvalue weighted by molar-refractivity contribution is 5.94. The number of aromatic hydroxyl groups is 1. The average Bonchev–Trinajstić information content (AvgIpc) is 3.19. The van der Waals surface area contributed by atoms with Crippen LogP contribution in [0.1, 0.15) is 75.6 Å². The fourth-order valence-electron chi connectivity index (χ4n) is 4.01. The van der Waals surface area contributed by atoms with Crippen molar-refractivity contribution in [2.24, 2.45) is 5.92 Å². The van der Waals surface area contributed by atoms with Crippen LogP contribution in [-0.4, -0.2) is 46.4 Å². The van der Waals surface area contributed by atoms with Gasteiger partial charge in [-0.1, -0.05) is 39.3 Å². The van der Waals surface area contributed by atoms with Crippen LogP contribution >= 0.6 is 0 Å². The van der Waals surface area contributed by atoms with Gasteiger partial charge in [-0.15, -0.1) is 0 Å². The lowest BCUT2D eigenvalue weighted by molar-refractivity contribution is -0.00706. The van der Waals surface area contributed by atoms with Gasteiger partial charge in [0.05, 0.1) is 5.82 Å². The van der Waals surface area contributed by atoms with E-state index in [0.717, 1.165) is 71.0 Å². The number of nitrogens with zero attached hydrogens (tertiary/aromatic N) is 1. The number of aliphatic hydroxyl groups is 1. The fourth-order valence-corrected chi connectivity index (χ4v) is 4.01. The summed E-state index contributed by atoms with van der Waals surface area (Å²) in [5, 5.41) is 27.0. The molecule has 1 atom stereocenters. The Morgan fingerprint density at radius 2 is 1.97 bits per heavy atom. The third-order valence-corrected chi connectivity index (χ3v) is 5.83. The molecule has 0 aliphatic carbocycles. The minimum Gasteiger partial charge on any atom is -0.508 e. The summed E-state index contributed by atoms with van der Waals surface area (Å²) in [5.41, 5.74) is -0.363. The van der Waals surface area contributed by atoms with Crippen LogP contribution in [-0.2, 0) is 0 Å². The smallest absolute Gasteiger partial charge is 0.253 e. The van der Waals surface area contributed by atoms with Gasteiger partial charge in [-0.2, -0.15) is 0 Å². The van der Waals surface area contributed by atoms with E-state index in [1.807, 2.05) is 4.90 Å². The number of rotatable bonds is 13. The van der Waals surface area contributed by atoms with E-state index in [-0.39, 0.29) is 11.7 Å². The van der Waals surface area contributed by atoms with Crippen molar-refractivity contribution >= 4 is 5.91 Å². The Morgan fingerprint density at radius 1 is 1.27 bits per heavy atom. The van der Waals surface area contributed by atoms with Gasteiger partial charge in [0.25, 0.3) is 5.91 Å². The highest BCUT2D eigenvalue weighted by atomic mass is 16.3. The van der Waals surface area contributed by atoms with Crippen LogP contribution in [0, 0.1) is 5.92 Å². The summed E-state index contributed by atoms with van der Waals surface area (Å²) in [6, 6.07) is 6.53. The maximum Gasteiger partial charge on any atom is 0.253 e. The molecule has 0 spiro atoms. The van der Waals surface area contributed by atoms with Gasteiger partial charge in [-0.3, -0.25) is 4.79 Å². The first-order valence-corrected chi connectivity index (χ1v) is 11.4. The van der Waals surface area contributed by atoms with Gasteiger partial charge in [0.15, 0.2) is 0 Å². The number of carbonyl (C=O) groups excluding carboxylic acids is 1. The number of hydrogen-bond acceptors (Lipinski definition) is 5. The molecule has 1 aliphatic heterocycles. The van der Waals surface area contributed by atoms with Crippen LogP contribution in [0.4, 0.5) is 0 Å². The quantitative estimate of drug-likeness (QED) is 0.365. The minimum atomic E-state index is -0.895. The van der Waals surface area contributed by atoms with Gasteiger partial charge >= 0.3 is 0 Å². The standard InChI is InChI=1S/C24H39N3O3/c1-4-6-13-24(30,14-7-5-2)26-19(3)25-15-11-20-12-16-27(18-20)23(29)21-9-8-10-22(28)17-21/h8-10,17,20,25-26,28,30H,3-7,11-16,18H2,1-2H3. The third-order valence-electron chi connectivity index (χ3n) is 5.83. The number of benzene rings is 1. The number of unbranched alkanes of at least 4 members (excludes halogenated alkanes) is 2. The number of carbonyl (C=O) groups is 1. The van der Waals surface area contributed by atoms with Gasteiger partial charge in [0.2, 0.25) is 0 Å². The second-order valence-electron chi connectivity index (χ2n) is 8.51. The second kappa shape index (κ2) is 11.8. The van der Waals surface area contributed by atoms with Crippen molar-refractivity contribution in [3.8, 4) is 5.75 Å². The first-order chi connectivity index (χ1) is 14.4. The molecule has 2 rings (SSSR count). The van der Waals surface area contributed by atoms with Gasteiger partial charge in [-0.25, -0.2) is 0 Å². The van der Waals surface area contributed by atoms with E-state index in [1.165, 1.54) is 6.07 Å². The second-order valence-corrected chi connectivity index (χ2v) is 8.51. The Hall–Kier alpha value is -2.21. The summed E-state index contributed by atoms with van der Waals surface area (Å²) < 4.78 is 0. The molecule has 168 valence electrons. The molecule has 1 aromatic rings. The molecule has 6 heteroatoms. The van der Waals surface area contributed by atoms with Crippen molar-refractivity contribution in [1.29, 1.82) is 0 Å². The zero-order valence-corrected chi connectivity index (χ0v) is 18.6. The molecule has 0 aromatic heterocycles. The van der Waals surface area contributed by atoms with Crippen molar-refractivity contribution in [3.63, 3.8) is 0 Å². The Morgan fingerprint density at radius 3 is 2.60 bits per heavy atom. The molecular weight excluding hydrogens is 378 g/mol. The summed E-state index contributed by atoms with van der Waals surface area (Å²) in [6.45, 7) is 10.5.